The Morgan fingerprint density at radius 1 is 0.747 bits per heavy atom. The number of imidazole rings is 1. The van der Waals surface area contributed by atoms with E-state index in [0.29, 0.717) is 29.7 Å². The third-order valence-electron chi connectivity index (χ3n) is 12.4. The predicted molar refractivity (Wildman–Crippen MR) is 277 cm³/mol. The van der Waals surface area contributed by atoms with Gasteiger partial charge in [0.15, 0.2) is 5.96 Å². The number of nitrogens with two attached hydrogens (primary N) is 4. The molecule has 2 aromatic heterocycles. The molecule has 75 heavy (non-hydrogen) atoms. The molecule has 0 aliphatic carbocycles. The third-order valence-corrected chi connectivity index (χ3v) is 12.4. The molecule has 25 nitrogen and oxygen atoms in total. The van der Waals surface area contributed by atoms with Crippen LogP contribution in [0.5, 0.6) is 0 Å². The molecule has 9 amide bonds. The number of H-pyrrole nitrogens is 2. The van der Waals surface area contributed by atoms with Gasteiger partial charge in [0.25, 0.3) is 0 Å². The van der Waals surface area contributed by atoms with Crippen molar-refractivity contribution in [2.45, 2.75) is 126 Å². The van der Waals surface area contributed by atoms with E-state index in [4.69, 9.17) is 22.9 Å². The average Bonchev–Trinajstić information content (AvgIpc) is 4.05. The molecule has 2 aromatic carbocycles. The molecule has 0 radical (unpaired) electrons. The van der Waals surface area contributed by atoms with Crippen LogP contribution in [0.1, 0.15) is 81.5 Å². The first kappa shape index (κ1) is 57.5. The number of nitrogens with zero attached hydrogens (tertiary/aromatic N) is 2. The van der Waals surface area contributed by atoms with Crippen LogP contribution < -0.4 is 65.5 Å². The van der Waals surface area contributed by atoms with Crippen LogP contribution in [0.25, 0.3) is 10.9 Å². The van der Waals surface area contributed by atoms with Crippen molar-refractivity contribution in [3.63, 3.8) is 0 Å². The quantitative estimate of drug-likeness (QED) is 0.0284. The zero-order valence-corrected chi connectivity index (χ0v) is 42.0. The summed E-state index contributed by atoms with van der Waals surface area (Å²) in [5.41, 5.74) is 25.0. The highest BCUT2D eigenvalue weighted by Crippen LogP contribution is 2.20. The van der Waals surface area contributed by atoms with E-state index in [1.165, 1.54) is 19.4 Å². The van der Waals surface area contributed by atoms with Gasteiger partial charge < -0.3 is 75.4 Å². The molecule has 25 heteroatoms. The molecule has 0 saturated carbocycles. The van der Waals surface area contributed by atoms with Crippen molar-refractivity contribution in [2.75, 3.05) is 19.6 Å². The number of aromatic amines is 2. The molecule has 3 heterocycles. The van der Waals surface area contributed by atoms with Crippen molar-refractivity contribution in [3.05, 3.63) is 90.1 Å². The molecular formula is C50H70N16O9. The maximum absolute atomic E-state index is 14.7. The number of carbonyl (C=O) groups excluding carboxylic acids is 9. The summed E-state index contributed by atoms with van der Waals surface area (Å²) in [6.07, 6.45) is 5.30. The molecule has 5 rings (SSSR count). The topological polar surface area (TPSA) is 411 Å². The van der Waals surface area contributed by atoms with Crippen molar-refractivity contribution < 1.29 is 43.2 Å². The maximum atomic E-state index is 14.7. The molecule has 0 bridgehead atoms. The lowest BCUT2D eigenvalue weighted by Gasteiger charge is -2.28. The van der Waals surface area contributed by atoms with E-state index in [0.717, 1.165) is 10.9 Å². The smallest absolute Gasteiger partial charge is 0.243 e. The number of aromatic nitrogens is 3. The Labute approximate surface area is 433 Å². The summed E-state index contributed by atoms with van der Waals surface area (Å²) in [7, 11) is 0. The highest BCUT2D eigenvalue weighted by molar-refractivity contribution is 5.99. The fourth-order valence-corrected chi connectivity index (χ4v) is 8.48. The summed E-state index contributed by atoms with van der Waals surface area (Å²) in [5, 5.41) is 22.3. The van der Waals surface area contributed by atoms with Crippen molar-refractivity contribution >= 4 is 70.0 Å². The monoisotopic (exact) mass is 1040 g/mol. The summed E-state index contributed by atoms with van der Waals surface area (Å²) >= 11 is 0. The number of hydrogen-bond acceptors (Lipinski definition) is 12. The number of primary amides is 1. The average molecular weight is 1040 g/mol. The van der Waals surface area contributed by atoms with Crippen molar-refractivity contribution in [1.29, 1.82) is 0 Å². The van der Waals surface area contributed by atoms with Gasteiger partial charge in [0.1, 0.15) is 42.3 Å². The number of hydrogen-bond donors (Lipinski definition) is 14. The highest BCUT2D eigenvalue weighted by atomic mass is 16.2. The van der Waals surface area contributed by atoms with Gasteiger partial charge in [-0.15, -0.1) is 0 Å². The molecule has 0 spiro atoms. The summed E-state index contributed by atoms with van der Waals surface area (Å²) in [5.74, 6) is -7.19. The van der Waals surface area contributed by atoms with E-state index in [-0.39, 0.29) is 83.4 Å². The number of unbranched alkanes of at least 4 members (excludes halogenated alkanes) is 1. The van der Waals surface area contributed by atoms with Gasteiger partial charge in [0.2, 0.25) is 53.2 Å². The number of nitrogens with one attached hydrogen (secondary N) is 10. The Bertz CT molecular complexity index is 2600. The van der Waals surface area contributed by atoms with E-state index in [1.807, 2.05) is 24.3 Å². The van der Waals surface area contributed by atoms with Crippen LogP contribution in [-0.4, -0.2) is 136 Å². The largest absolute Gasteiger partial charge is 0.370 e. The third kappa shape index (κ3) is 18.9. The Hall–Kier alpha value is -8.35. The second kappa shape index (κ2) is 29.4. The Morgan fingerprint density at radius 3 is 2.08 bits per heavy atom. The number of amides is 9. The van der Waals surface area contributed by atoms with Gasteiger partial charge in [-0.2, -0.15) is 0 Å². The van der Waals surface area contributed by atoms with Crippen LogP contribution in [0, 0.1) is 0 Å². The Morgan fingerprint density at radius 2 is 1.40 bits per heavy atom. The zero-order valence-electron chi connectivity index (χ0n) is 42.0. The molecule has 1 saturated heterocycles. The van der Waals surface area contributed by atoms with E-state index >= 15 is 0 Å². The van der Waals surface area contributed by atoms with Gasteiger partial charge in [-0.25, -0.2) is 4.98 Å². The van der Waals surface area contributed by atoms with Crippen LogP contribution in [-0.2, 0) is 62.4 Å². The van der Waals surface area contributed by atoms with Crippen molar-refractivity contribution in [2.24, 2.45) is 27.9 Å². The van der Waals surface area contributed by atoms with Crippen LogP contribution in [0.2, 0.25) is 0 Å². The molecule has 1 aliphatic rings. The lowest BCUT2D eigenvalue weighted by Crippen LogP contribution is -2.61. The van der Waals surface area contributed by atoms with Crippen molar-refractivity contribution in [1.82, 2.24) is 57.5 Å². The molecule has 1 aliphatic heterocycles. The van der Waals surface area contributed by atoms with E-state index in [2.05, 4.69) is 62.5 Å². The molecular weight excluding hydrogens is 969 g/mol. The minimum atomic E-state index is -1.63. The number of benzene rings is 2. The number of para-hydroxylation sites is 1. The second-order valence-corrected chi connectivity index (χ2v) is 18.3. The molecule has 4 aromatic rings. The fourth-order valence-electron chi connectivity index (χ4n) is 8.48. The molecule has 404 valence electrons. The second-order valence-electron chi connectivity index (χ2n) is 18.3. The Kier molecular flexibility index (Phi) is 22.5. The van der Waals surface area contributed by atoms with Gasteiger partial charge in [0, 0.05) is 68.3 Å². The normalized spacial score (nSPS) is 21.2. The number of fused-ring (bicyclic) bond motifs is 1. The van der Waals surface area contributed by atoms with Crippen molar-refractivity contribution in [3.8, 4) is 0 Å². The number of rotatable bonds is 18. The van der Waals surface area contributed by atoms with Gasteiger partial charge in [-0.3, -0.25) is 48.1 Å². The molecule has 18 N–H and O–H groups in total. The first-order valence-corrected chi connectivity index (χ1v) is 25.0. The van der Waals surface area contributed by atoms with Crippen LogP contribution >= 0.6 is 0 Å². The minimum Gasteiger partial charge on any atom is -0.370 e. The van der Waals surface area contributed by atoms with E-state index in [1.54, 1.807) is 36.5 Å². The molecule has 7 atom stereocenters. The first-order chi connectivity index (χ1) is 36.0. The SMILES string of the molecule is CC(=O)N[C@@H](CCCN=C(N)N)C(=O)N[C@H]1CC(=O)NCCCC[C@@H](C(N)=O)NC(=O)[C@H](Cc2c[nH]c3ccccc23)NC(=O)[C@H](CCCCN)NC(=O)[C@@H](Cc2ccccc2)NC(=O)[C@H](Cc2cnc[nH]2)NC1=O. The zero-order chi connectivity index (χ0) is 54.3. The van der Waals surface area contributed by atoms with Gasteiger partial charge in [-0.1, -0.05) is 48.5 Å². The van der Waals surface area contributed by atoms with Crippen LogP contribution in [0.4, 0.5) is 0 Å². The number of aliphatic imine (C=N–C) groups is 1. The summed E-state index contributed by atoms with van der Waals surface area (Å²) in [6.45, 7) is 1.63. The van der Waals surface area contributed by atoms with Gasteiger partial charge >= 0.3 is 0 Å². The Balaban J connectivity index is 1.53. The maximum Gasteiger partial charge on any atom is 0.243 e. The summed E-state index contributed by atoms with van der Waals surface area (Å²) in [6, 6.07) is 6.66. The lowest BCUT2D eigenvalue weighted by molar-refractivity contribution is -0.136. The predicted octanol–water partition coefficient (Wildman–Crippen LogP) is -2.31. The summed E-state index contributed by atoms with van der Waals surface area (Å²) < 4.78 is 0. The van der Waals surface area contributed by atoms with Crippen LogP contribution in [0.3, 0.4) is 0 Å². The highest BCUT2D eigenvalue weighted by Gasteiger charge is 2.35. The number of guanidine groups is 1. The van der Waals surface area contributed by atoms with E-state index in [9.17, 15) is 43.2 Å². The molecule has 1 fully saturated rings. The summed E-state index contributed by atoms with van der Waals surface area (Å²) in [4.78, 5) is 139. The van der Waals surface area contributed by atoms with Crippen LogP contribution in [0.15, 0.2) is 78.3 Å². The van der Waals surface area contributed by atoms with E-state index < -0.39 is 102 Å². The minimum absolute atomic E-state index is 0.0271. The number of carbonyl (C=O) groups is 9. The fraction of sp³-hybridized carbons (Fsp3) is 0.460. The van der Waals surface area contributed by atoms with Gasteiger partial charge in [-0.05, 0) is 75.1 Å². The first-order valence-electron chi connectivity index (χ1n) is 25.0. The lowest BCUT2D eigenvalue weighted by atomic mass is 10.0. The van der Waals surface area contributed by atoms with Gasteiger partial charge in [0.05, 0.1) is 12.7 Å². The molecule has 0 unspecified atom stereocenters. The standard InChI is InChI=1S/C50H70N16O9/c1-29(67)60-36(18-11-21-57-50(53)54)44(70)66-41-25-42(68)56-20-10-8-16-35(43(52)69)61-47(73)39(23-31-26-58-34-15-6-5-14-33(31)34)64-45(71)37(17-7-9-19-51)62-46(72)38(22-30-12-3-2-4-13-30)63-48(74)40(65-49(41)75)24-32-27-55-28-59-32/h2-6,12-15,26-28,35-41,58H,7-11,16-25,51H2,1H3,(H2,52,69)(H,55,59)(H,56,68)(H,60,67)(H,61,73)(H,62,72)(H,63,74)(H,64,71)(H,65,75)(H,66,70)(H4,53,54,57)/t35-,36-,37-,38+,39-,40-,41-/m0/s1.